The number of nitrogens with zero attached hydrogens (tertiary/aromatic N) is 6. The molecule has 5 aromatic rings. The Hall–Kier alpha value is -3.96. The number of pyridine rings is 2. The van der Waals surface area contributed by atoms with Gasteiger partial charge < -0.3 is 5.11 Å². The van der Waals surface area contributed by atoms with Crippen LogP contribution in [-0.2, 0) is 21.1 Å². The van der Waals surface area contributed by atoms with Crippen molar-refractivity contribution in [2.45, 2.75) is 0 Å². The van der Waals surface area contributed by atoms with Crippen molar-refractivity contribution in [2.24, 2.45) is 0 Å². The Balaban J connectivity index is 0.00000259. The summed E-state index contributed by atoms with van der Waals surface area (Å²) in [4.78, 5) is 11.3. The van der Waals surface area contributed by atoms with Crippen molar-refractivity contribution in [1.29, 1.82) is 0 Å². The first kappa shape index (κ1) is 22.2. The number of para-hydroxylation sites is 2. The summed E-state index contributed by atoms with van der Waals surface area (Å²) in [6, 6.07) is 31.3. The van der Waals surface area contributed by atoms with Crippen LogP contribution in [0.25, 0.3) is 22.6 Å². The second-order valence-corrected chi connectivity index (χ2v) is 6.87. The zero-order chi connectivity index (χ0) is 21.8. The van der Waals surface area contributed by atoms with Gasteiger partial charge in [0, 0.05) is 38.6 Å². The first-order chi connectivity index (χ1) is 15.8. The van der Waals surface area contributed by atoms with Gasteiger partial charge in [0.25, 0.3) is 0 Å². The topological polar surface area (TPSA) is 87.9 Å². The first-order valence-electron chi connectivity index (χ1n) is 9.94. The van der Waals surface area contributed by atoms with Crippen molar-refractivity contribution >= 4 is 17.3 Å². The average molecular weight is 613 g/mol. The van der Waals surface area contributed by atoms with E-state index >= 15 is 0 Å². The third-order valence-corrected chi connectivity index (χ3v) is 4.78. The first-order valence-corrected chi connectivity index (χ1v) is 9.94. The summed E-state index contributed by atoms with van der Waals surface area (Å²) in [5.41, 5.74) is 2.85. The fraction of sp³-hybridized carbons (Fsp3) is 0. The minimum atomic E-state index is 0. The second kappa shape index (κ2) is 10.1. The van der Waals surface area contributed by atoms with Gasteiger partial charge in [0.2, 0.25) is 0 Å². The van der Waals surface area contributed by atoms with Crippen LogP contribution in [0.1, 0.15) is 0 Å². The van der Waals surface area contributed by atoms with Gasteiger partial charge in [0.05, 0.1) is 5.75 Å². The SMILES string of the molecule is Oc1ccccc1-c1[c-]c(-c2cccc(N(c3ccccc3)c3ccccn3)n2)nnn1.[Pt]. The number of aromatic nitrogens is 5. The quantitative estimate of drug-likeness (QED) is 0.281. The molecule has 0 amide bonds. The summed E-state index contributed by atoms with van der Waals surface area (Å²) in [6.45, 7) is 0. The van der Waals surface area contributed by atoms with Crippen LogP contribution in [0.5, 0.6) is 5.75 Å². The number of benzene rings is 2. The van der Waals surface area contributed by atoms with Gasteiger partial charge in [-0.3, -0.25) is 9.88 Å². The molecular formula is C25H17N6OPt-. The molecule has 0 unspecified atom stereocenters. The molecule has 0 saturated heterocycles. The van der Waals surface area contributed by atoms with Crippen molar-refractivity contribution < 1.29 is 26.2 Å². The van der Waals surface area contributed by atoms with Gasteiger partial charge >= 0.3 is 0 Å². The van der Waals surface area contributed by atoms with E-state index in [1.165, 1.54) is 0 Å². The predicted molar refractivity (Wildman–Crippen MR) is 121 cm³/mol. The molecule has 5 rings (SSSR count). The van der Waals surface area contributed by atoms with Crippen molar-refractivity contribution in [3.8, 4) is 28.4 Å². The van der Waals surface area contributed by atoms with Crippen molar-refractivity contribution in [1.82, 2.24) is 25.4 Å². The predicted octanol–water partition coefficient (Wildman–Crippen LogP) is 4.97. The van der Waals surface area contributed by atoms with Crippen molar-refractivity contribution in [3.63, 3.8) is 0 Å². The molecule has 0 fully saturated rings. The maximum atomic E-state index is 10.2. The molecule has 0 bridgehead atoms. The van der Waals surface area contributed by atoms with E-state index in [1.807, 2.05) is 77.7 Å². The summed E-state index contributed by atoms with van der Waals surface area (Å²) in [5.74, 6) is 1.51. The Bertz CT molecular complexity index is 1310. The van der Waals surface area contributed by atoms with Crippen LogP contribution in [0.15, 0.2) is 97.2 Å². The maximum Gasteiger partial charge on any atom is 0.138 e. The number of aromatic hydroxyl groups is 1. The van der Waals surface area contributed by atoms with Crippen molar-refractivity contribution in [3.05, 3.63) is 103 Å². The van der Waals surface area contributed by atoms with Crippen molar-refractivity contribution in [2.75, 3.05) is 4.90 Å². The number of phenolic OH excluding ortho intramolecular Hbond substituents is 1. The smallest absolute Gasteiger partial charge is 0.138 e. The third-order valence-electron chi connectivity index (χ3n) is 4.78. The third kappa shape index (κ3) is 4.78. The molecule has 0 saturated carbocycles. The zero-order valence-electron chi connectivity index (χ0n) is 17.2. The normalized spacial score (nSPS) is 10.3. The Kier molecular flexibility index (Phi) is 6.81. The average Bonchev–Trinajstić information content (AvgIpc) is 2.86. The van der Waals surface area contributed by atoms with Gasteiger partial charge in [-0.2, -0.15) is 10.2 Å². The van der Waals surface area contributed by atoms with E-state index in [9.17, 15) is 5.11 Å². The Morgan fingerprint density at radius 2 is 1.42 bits per heavy atom. The van der Waals surface area contributed by atoms with E-state index in [4.69, 9.17) is 4.98 Å². The van der Waals surface area contributed by atoms with Crippen LogP contribution < -0.4 is 4.90 Å². The van der Waals surface area contributed by atoms with Gasteiger partial charge in [-0.05, 0) is 53.0 Å². The van der Waals surface area contributed by atoms with Crippen LogP contribution in [0, 0.1) is 6.07 Å². The minimum absolute atomic E-state index is 0. The van der Waals surface area contributed by atoms with Crippen LogP contribution in [0.4, 0.5) is 17.3 Å². The largest absolute Gasteiger partial charge is 0.520 e. The Morgan fingerprint density at radius 1 is 0.697 bits per heavy atom. The Labute approximate surface area is 205 Å². The van der Waals surface area contributed by atoms with Gasteiger partial charge in [-0.15, -0.1) is 12.1 Å². The maximum absolute atomic E-state index is 10.2. The van der Waals surface area contributed by atoms with Crippen LogP contribution in [-0.4, -0.2) is 30.5 Å². The van der Waals surface area contributed by atoms with E-state index in [1.54, 1.807) is 24.4 Å². The Morgan fingerprint density at radius 3 is 2.21 bits per heavy atom. The van der Waals surface area contributed by atoms with Gasteiger partial charge in [-0.1, -0.05) is 54.1 Å². The summed E-state index contributed by atoms with van der Waals surface area (Å²) in [7, 11) is 0. The van der Waals surface area contributed by atoms with Crippen LogP contribution in [0.3, 0.4) is 0 Å². The molecule has 8 heteroatoms. The summed E-state index contributed by atoms with van der Waals surface area (Å²) < 4.78 is 0. The van der Waals surface area contributed by atoms with Gasteiger partial charge in [-0.25, -0.2) is 4.98 Å². The molecular weight excluding hydrogens is 595 g/mol. The summed E-state index contributed by atoms with van der Waals surface area (Å²) in [5, 5.41) is 22.2. The van der Waals surface area contributed by atoms with Gasteiger partial charge in [0.1, 0.15) is 11.6 Å². The molecule has 0 aliphatic heterocycles. The monoisotopic (exact) mass is 612 g/mol. The molecule has 0 aliphatic rings. The number of anilines is 3. The summed E-state index contributed by atoms with van der Waals surface area (Å²) in [6.07, 6.45) is 1.75. The minimum Gasteiger partial charge on any atom is -0.520 e. The molecule has 7 nitrogen and oxygen atoms in total. The zero-order valence-corrected chi connectivity index (χ0v) is 19.5. The van der Waals surface area contributed by atoms with E-state index in [-0.39, 0.29) is 26.8 Å². The fourth-order valence-electron chi connectivity index (χ4n) is 3.31. The molecule has 3 aromatic heterocycles. The molecule has 0 radical (unpaired) electrons. The molecule has 164 valence electrons. The van der Waals surface area contributed by atoms with Gasteiger partial charge in [0.15, 0.2) is 0 Å². The second-order valence-electron chi connectivity index (χ2n) is 6.87. The molecule has 1 N–H and O–H groups in total. The van der Waals surface area contributed by atoms with Crippen LogP contribution >= 0.6 is 0 Å². The standard InChI is InChI=1S/C25H17N6O.Pt/c32-23-13-5-4-11-19(23)21-17-22(29-30-28-21)20-12-8-15-25(27-20)31(18-9-2-1-3-10-18)24-14-6-7-16-26-24;/h1-16,32H;/q-1;. The van der Waals surface area contributed by atoms with E-state index in [0.717, 1.165) is 11.5 Å². The number of hydrogen-bond acceptors (Lipinski definition) is 7. The molecule has 0 atom stereocenters. The van der Waals surface area contributed by atoms with E-state index in [0.29, 0.717) is 28.5 Å². The molecule has 33 heavy (non-hydrogen) atoms. The fourth-order valence-corrected chi connectivity index (χ4v) is 3.31. The molecule has 3 heterocycles. The molecule has 0 spiro atoms. The number of phenols is 1. The van der Waals surface area contributed by atoms with E-state index in [2.05, 4.69) is 26.5 Å². The number of rotatable bonds is 5. The van der Waals surface area contributed by atoms with Crippen LogP contribution in [0.2, 0.25) is 0 Å². The molecule has 0 aliphatic carbocycles. The summed E-state index contributed by atoms with van der Waals surface area (Å²) >= 11 is 0. The van der Waals surface area contributed by atoms with E-state index < -0.39 is 0 Å². The molecule has 2 aromatic carbocycles. The number of hydrogen-bond donors (Lipinski definition) is 1.